The maximum absolute atomic E-state index is 11.3. The molecule has 0 radical (unpaired) electrons. The largest absolute Gasteiger partial charge is 0.467 e. The molecule has 2 atom stereocenters. The lowest BCUT2D eigenvalue weighted by atomic mass is 9.97. The van der Waals surface area contributed by atoms with Crippen molar-refractivity contribution in [1.82, 2.24) is 5.32 Å². The Balaban J connectivity index is 1.76. The molecule has 106 valence electrons. The lowest BCUT2D eigenvalue weighted by Gasteiger charge is -2.17. The molecular weight excluding hydrogens is 246 g/mol. The molecule has 1 aliphatic carbocycles. The van der Waals surface area contributed by atoms with Crippen LogP contribution in [0.15, 0.2) is 16.7 Å². The number of ether oxygens (including phenoxy) is 1. The predicted octanol–water partition coefficient (Wildman–Crippen LogP) is 1.56. The number of hydrogen-bond donors (Lipinski definition) is 2. The smallest absolute Gasteiger partial charge is 0.341 e. The molecular formula is C14H21NO4. The molecule has 1 aliphatic rings. The van der Waals surface area contributed by atoms with Crippen LogP contribution in [0.25, 0.3) is 0 Å². The lowest BCUT2D eigenvalue weighted by Crippen LogP contribution is -2.26. The van der Waals surface area contributed by atoms with E-state index in [1.165, 1.54) is 26.2 Å². The maximum atomic E-state index is 11.3. The van der Waals surface area contributed by atoms with E-state index in [1.807, 2.05) is 0 Å². The summed E-state index contributed by atoms with van der Waals surface area (Å²) in [6.45, 7) is 1.74. The van der Waals surface area contributed by atoms with Gasteiger partial charge in [0.2, 0.25) is 0 Å². The molecule has 0 saturated heterocycles. The average molecular weight is 267 g/mol. The van der Waals surface area contributed by atoms with Gasteiger partial charge in [0.1, 0.15) is 12.0 Å². The Morgan fingerprint density at radius 3 is 3.05 bits per heavy atom. The van der Waals surface area contributed by atoms with Crippen LogP contribution in [0.3, 0.4) is 0 Å². The number of aliphatic hydroxyl groups is 1. The number of carbonyl (C=O) groups excluding carboxylic acids is 1. The van der Waals surface area contributed by atoms with Crippen LogP contribution in [0.2, 0.25) is 0 Å². The third-order valence-electron chi connectivity index (χ3n) is 3.83. The van der Waals surface area contributed by atoms with Gasteiger partial charge < -0.3 is 19.6 Å². The SMILES string of the molecule is COC(=O)c1coc(CNCC2CCCC2CO)c1. The van der Waals surface area contributed by atoms with Crippen LogP contribution in [0.1, 0.15) is 35.4 Å². The fourth-order valence-electron chi connectivity index (χ4n) is 2.70. The van der Waals surface area contributed by atoms with Crippen LogP contribution in [0.4, 0.5) is 0 Å². The Hall–Kier alpha value is -1.33. The first kappa shape index (κ1) is 14.1. The summed E-state index contributed by atoms with van der Waals surface area (Å²) in [5, 5.41) is 12.6. The van der Waals surface area contributed by atoms with Crippen molar-refractivity contribution >= 4 is 5.97 Å². The van der Waals surface area contributed by atoms with Crippen molar-refractivity contribution < 1.29 is 19.1 Å². The van der Waals surface area contributed by atoms with Crippen molar-refractivity contribution in [2.75, 3.05) is 20.3 Å². The van der Waals surface area contributed by atoms with E-state index >= 15 is 0 Å². The van der Waals surface area contributed by atoms with Gasteiger partial charge in [-0.1, -0.05) is 6.42 Å². The monoisotopic (exact) mass is 267 g/mol. The second kappa shape index (κ2) is 6.73. The van der Waals surface area contributed by atoms with E-state index in [1.54, 1.807) is 6.07 Å². The van der Waals surface area contributed by atoms with Gasteiger partial charge >= 0.3 is 5.97 Å². The van der Waals surface area contributed by atoms with E-state index < -0.39 is 0 Å². The van der Waals surface area contributed by atoms with Crippen molar-refractivity contribution in [2.45, 2.75) is 25.8 Å². The first-order valence-electron chi connectivity index (χ1n) is 6.72. The van der Waals surface area contributed by atoms with E-state index in [0.717, 1.165) is 18.7 Å². The van der Waals surface area contributed by atoms with Gasteiger partial charge in [0, 0.05) is 6.61 Å². The molecule has 0 amide bonds. The van der Waals surface area contributed by atoms with Crippen molar-refractivity contribution in [3.8, 4) is 0 Å². The molecule has 1 fully saturated rings. The molecule has 2 N–H and O–H groups in total. The minimum absolute atomic E-state index is 0.277. The van der Waals surface area contributed by atoms with E-state index in [2.05, 4.69) is 10.1 Å². The normalized spacial score (nSPS) is 22.6. The van der Waals surface area contributed by atoms with Gasteiger partial charge in [0.15, 0.2) is 0 Å². The second-order valence-corrected chi connectivity index (χ2v) is 5.06. The Bertz CT molecular complexity index is 415. The summed E-state index contributed by atoms with van der Waals surface area (Å²) in [5.41, 5.74) is 0.438. The summed E-state index contributed by atoms with van der Waals surface area (Å²) in [6, 6.07) is 1.69. The van der Waals surface area contributed by atoms with Crippen LogP contribution in [-0.4, -0.2) is 31.3 Å². The summed E-state index contributed by atoms with van der Waals surface area (Å²) >= 11 is 0. The van der Waals surface area contributed by atoms with Crippen molar-refractivity contribution in [3.63, 3.8) is 0 Å². The van der Waals surface area contributed by atoms with E-state index in [4.69, 9.17) is 4.42 Å². The van der Waals surface area contributed by atoms with Gasteiger partial charge in [-0.05, 0) is 37.3 Å². The zero-order valence-electron chi connectivity index (χ0n) is 11.2. The van der Waals surface area contributed by atoms with Crippen LogP contribution >= 0.6 is 0 Å². The Kier molecular flexibility index (Phi) is 4.99. The first-order chi connectivity index (χ1) is 9.24. The number of methoxy groups -OCH3 is 1. The molecule has 5 nitrogen and oxygen atoms in total. The number of carbonyl (C=O) groups is 1. The van der Waals surface area contributed by atoms with Crippen LogP contribution in [-0.2, 0) is 11.3 Å². The van der Waals surface area contributed by atoms with Gasteiger partial charge in [0.25, 0.3) is 0 Å². The van der Waals surface area contributed by atoms with Gasteiger partial charge in [-0.3, -0.25) is 0 Å². The molecule has 1 saturated carbocycles. The molecule has 0 spiro atoms. The predicted molar refractivity (Wildman–Crippen MR) is 69.7 cm³/mol. The minimum atomic E-state index is -0.383. The van der Waals surface area contributed by atoms with Crippen LogP contribution in [0, 0.1) is 11.8 Å². The highest BCUT2D eigenvalue weighted by molar-refractivity contribution is 5.88. The fraction of sp³-hybridized carbons (Fsp3) is 0.643. The van der Waals surface area contributed by atoms with Gasteiger partial charge in [0.05, 0.1) is 19.2 Å². The summed E-state index contributed by atoms with van der Waals surface area (Å²) < 4.78 is 9.91. The second-order valence-electron chi connectivity index (χ2n) is 5.06. The number of esters is 1. The Morgan fingerprint density at radius 2 is 2.32 bits per heavy atom. The zero-order valence-corrected chi connectivity index (χ0v) is 11.2. The molecule has 2 unspecified atom stereocenters. The molecule has 0 aromatic carbocycles. The quantitative estimate of drug-likeness (QED) is 0.765. The highest BCUT2D eigenvalue weighted by Gasteiger charge is 2.26. The lowest BCUT2D eigenvalue weighted by molar-refractivity contribution is 0.0600. The van der Waals surface area contributed by atoms with Gasteiger partial charge in [-0.15, -0.1) is 0 Å². The highest BCUT2D eigenvalue weighted by Crippen LogP contribution is 2.30. The van der Waals surface area contributed by atoms with E-state index in [0.29, 0.717) is 23.9 Å². The van der Waals surface area contributed by atoms with Crippen LogP contribution < -0.4 is 5.32 Å². The van der Waals surface area contributed by atoms with Gasteiger partial charge in [-0.25, -0.2) is 4.79 Å². The third-order valence-corrected chi connectivity index (χ3v) is 3.83. The Labute approximate surface area is 112 Å². The first-order valence-corrected chi connectivity index (χ1v) is 6.72. The molecule has 0 bridgehead atoms. The van der Waals surface area contributed by atoms with E-state index in [9.17, 15) is 9.90 Å². The highest BCUT2D eigenvalue weighted by atomic mass is 16.5. The van der Waals surface area contributed by atoms with Crippen molar-refractivity contribution in [3.05, 3.63) is 23.7 Å². The molecule has 1 aromatic rings. The standard InChI is InChI=1S/C14H21NO4/c1-18-14(17)12-5-13(19-9-12)7-15-6-10-3-2-4-11(10)8-16/h5,9-11,15-16H,2-4,6-8H2,1H3. The minimum Gasteiger partial charge on any atom is -0.467 e. The summed E-state index contributed by atoms with van der Waals surface area (Å²) in [5.74, 6) is 1.31. The average Bonchev–Trinajstić information content (AvgIpc) is 3.06. The fourth-order valence-corrected chi connectivity index (χ4v) is 2.70. The zero-order chi connectivity index (χ0) is 13.7. The van der Waals surface area contributed by atoms with Crippen molar-refractivity contribution in [1.29, 1.82) is 0 Å². The molecule has 0 aliphatic heterocycles. The molecule has 1 heterocycles. The summed E-state index contributed by atoms with van der Waals surface area (Å²) in [4.78, 5) is 11.3. The number of aliphatic hydroxyl groups excluding tert-OH is 1. The van der Waals surface area contributed by atoms with Crippen molar-refractivity contribution in [2.24, 2.45) is 11.8 Å². The van der Waals surface area contributed by atoms with E-state index in [-0.39, 0.29) is 12.6 Å². The topological polar surface area (TPSA) is 71.7 Å². The maximum Gasteiger partial charge on any atom is 0.341 e. The number of nitrogens with one attached hydrogen (secondary N) is 1. The number of hydrogen-bond acceptors (Lipinski definition) is 5. The molecule has 1 aromatic heterocycles. The van der Waals surface area contributed by atoms with Gasteiger partial charge in [-0.2, -0.15) is 0 Å². The Morgan fingerprint density at radius 1 is 1.53 bits per heavy atom. The third kappa shape index (κ3) is 3.58. The summed E-state index contributed by atoms with van der Waals surface area (Å²) in [6.07, 6.45) is 4.90. The number of rotatable bonds is 6. The molecule has 2 rings (SSSR count). The summed E-state index contributed by atoms with van der Waals surface area (Å²) in [7, 11) is 1.35. The number of furan rings is 1. The molecule has 5 heteroatoms. The van der Waals surface area contributed by atoms with Crippen LogP contribution in [0.5, 0.6) is 0 Å². The molecule has 19 heavy (non-hydrogen) atoms.